The van der Waals surface area contributed by atoms with Crippen LogP contribution in [0.2, 0.25) is 0 Å². The van der Waals surface area contributed by atoms with Crippen LogP contribution in [-0.2, 0) is 12.8 Å². The molecule has 0 fully saturated rings. The SMILES string of the molecule is CCCCCc1ccc(OP(Oc2ccc(CCCCC)cc2)c2ccccc2)cc1. The largest absolute Gasteiger partial charge is 0.435 e. The second-order valence-corrected chi connectivity index (χ2v) is 9.37. The zero-order chi connectivity index (χ0) is 21.7. The maximum atomic E-state index is 6.34. The van der Waals surface area contributed by atoms with E-state index in [9.17, 15) is 0 Å². The monoisotopic (exact) mass is 434 g/mol. The first-order valence-electron chi connectivity index (χ1n) is 11.7. The van der Waals surface area contributed by atoms with Crippen molar-refractivity contribution in [3.8, 4) is 11.5 Å². The van der Waals surface area contributed by atoms with Crippen molar-refractivity contribution < 1.29 is 9.05 Å². The van der Waals surface area contributed by atoms with E-state index in [1.54, 1.807) is 0 Å². The van der Waals surface area contributed by atoms with Crippen LogP contribution in [0.1, 0.15) is 63.5 Å². The Kier molecular flexibility index (Phi) is 9.93. The fraction of sp³-hybridized carbons (Fsp3) is 0.357. The second-order valence-electron chi connectivity index (χ2n) is 7.98. The van der Waals surface area contributed by atoms with Gasteiger partial charge in [-0.2, -0.15) is 0 Å². The van der Waals surface area contributed by atoms with Crippen molar-refractivity contribution >= 4 is 13.7 Å². The molecule has 0 saturated heterocycles. The summed E-state index contributed by atoms with van der Waals surface area (Å²) < 4.78 is 12.7. The molecule has 0 aliphatic heterocycles. The highest BCUT2D eigenvalue weighted by atomic mass is 31.2. The zero-order valence-electron chi connectivity index (χ0n) is 18.9. The number of aryl methyl sites for hydroxylation is 2. The average Bonchev–Trinajstić information content (AvgIpc) is 2.82. The second kappa shape index (κ2) is 13.2. The number of hydrogen-bond acceptors (Lipinski definition) is 2. The summed E-state index contributed by atoms with van der Waals surface area (Å²) in [6.45, 7) is 4.48. The van der Waals surface area contributed by atoms with Gasteiger partial charge in [-0.05, 0) is 73.2 Å². The molecule has 3 rings (SSSR count). The van der Waals surface area contributed by atoms with Crippen LogP contribution in [0.5, 0.6) is 11.5 Å². The van der Waals surface area contributed by atoms with Crippen molar-refractivity contribution in [3.05, 3.63) is 90.0 Å². The Morgan fingerprint density at radius 3 is 1.42 bits per heavy atom. The van der Waals surface area contributed by atoms with Gasteiger partial charge in [0.15, 0.2) is 0 Å². The van der Waals surface area contributed by atoms with Crippen LogP contribution in [0.25, 0.3) is 0 Å². The molecular formula is C28H35O2P. The minimum atomic E-state index is -1.25. The lowest BCUT2D eigenvalue weighted by atomic mass is 10.1. The van der Waals surface area contributed by atoms with Crippen LogP contribution in [-0.4, -0.2) is 0 Å². The fourth-order valence-electron chi connectivity index (χ4n) is 3.46. The molecule has 0 radical (unpaired) electrons. The number of rotatable bonds is 13. The Balaban J connectivity index is 1.66. The van der Waals surface area contributed by atoms with E-state index in [0.717, 1.165) is 29.6 Å². The Labute approximate surface area is 189 Å². The average molecular weight is 435 g/mol. The highest BCUT2D eigenvalue weighted by Gasteiger charge is 2.18. The van der Waals surface area contributed by atoms with E-state index in [1.807, 2.05) is 18.2 Å². The summed E-state index contributed by atoms with van der Waals surface area (Å²) in [5.74, 6) is 1.70. The van der Waals surface area contributed by atoms with Crippen LogP contribution in [0.15, 0.2) is 78.9 Å². The normalized spacial score (nSPS) is 10.9. The predicted octanol–water partition coefficient (Wildman–Crippen LogP) is 8.25. The summed E-state index contributed by atoms with van der Waals surface area (Å²) in [5, 5.41) is 1.07. The van der Waals surface area contributed by atoms with Gasteiger partial charge < -0.3 is 9.05 Å². The molecule has 0 aromatic heterocycles. The van der Waals surface area contributed by atoms with Crippen molar-refractivity contribution in [2.45, 2.75) is 65.2 Å². The standard InChI is InChI=1S/C28H35O2P/c1-3-5-8-12-24-16-20-26(21-17-24)29-31(28-14-10-7-11-15-28)30-27-22-18-25(19-23-27)13-9-6-4-2/h7,10-11,14-23H,3-6,8-9,12-13H2,1-2H3. The van der Waals surface area contributed by atoms with Crippen LogP contribution < -0.4 is 14.4 Å². The van der Waals surface area contributed by atoms with Gasteiger partial charge >= 0.3 is 8.38 Å². The molecular weight excluding hydrogens is 399 g/mol. The lowest BCUT2D eigenvalue weighted by Gasteiger charge is -2.19. The minimum absolute atomic E-state index is 0.852. The fourth-order valence-corrected chi connectivity index (χ4v) is 4.75. The highest BCUT2D eigenvalue weighted by molar-refractivity contribution is 7.56. The third-order valence-electron chi connectivity index (χ3n) is 5.33. The molecule has 0 aliphatic carbocycles. The van der Waals surface area contributed by atoms with Gasteiger partial charge in [0.05, 0.1) is 5.30 Å². The molecule has 0 N–H and O–H groups in total. The maximum Gasteiger partial charge on any atom is 0.326 e. The van der Waals surface area contributed by atoms with E-state index in [1.165, 1.54) is 49.7 Å². The van der Waals surface area contributed by atoms with Crippen LogP contribution in [0.3, 0.4) is 0 Å². The van der Waals surface area contributed by atoms with Crippen molar-refractivity contribution in [3.63, 3.8) is 0 Å². The summed E-state index contributed by atoms with van der Waals surface area (Å²) >= 11 is 0. The molecule has 0 aliphatic rings. The zero-order valence-corrected chi connectivity index (χ0v) is 19.8. The van der Waals surface area contributed by atoms with Gasteiger partial charge in [-0.3, -0.25) is 0 Å². The van der Waals surface area contributed by atoms with Crippen molar-refractivity contribution in [1.29, 1.82) is 0 Å². The minimum Gasteiger partial charge on any atom is -0.435 e. The van der Waals surface area contributed by atoms with Gasteiger partial charge in [0, 0.05) is 0 Å². The summed E-state index contributed by atoms with van der Waals surface area (Å²) in [7, 11) is -1.25. The number of hydrogen-bond donors (Lipinski definition) is 0. The van der Waals surface area contributed by atoms with Crippen molar-refractivity contribution in [2.24, 2.45) is 0 Å². The predicted molar refractivity (Wildman–Crippen MR) is 134 cm³/mol. The lowest BCUT2D eigenvalue weighted by Crippen LogP contribution is -2.09. The number of benzene rings is 3. The van der Waals surface area contributed by atoms with Gasteiger partial charge in [0.25, 0.3) is 0 Å². The molecule has 164 valence electrons. The smallest absolute Gasteiger partial charge is 0.326 e. The van der Waals surface area contributed by atoms with E-state index in [0.29, 0.717) is 0 Å². The van der Waals surface area contributed by atoms with E-state index in [4.69, 9.17) is 9.05 Å². The molecule has 3 aromatic carbocycles. The number of unbranched alkanes of at least 4 members (excludes halogenated alkanes) is 4. The van der Waals surface area contributed by atoms with E-state index in [2.05, 4.69) is 74.5 Å². The molecule has 0 heterocycles. The van der Waals surface area contributed by atoms with Gasteiger partial charge in [-0.1, -0.05) is 82.0 Å². The first kappa shape index (κ1) is 23.4. The van der Waals surface area contributed by atoms with Crippen molar-refractivity contribution in [2.75, 3.05) is 0 Å². The molecule has 2 nitrogen and oxygen atoms in total. The quantitative estimate of drug-likeness (QED) is 0.199. The topological polar surface area (TPSA) is 18.5 Å². The Morgan fingerprint density at radius 2 is 1.00 bits per heavy atom. The van der Waals surface area contributed by atoms with Crippen molar-refractivity contribution in [1.82, 2.24) is 0 Å². The van der Waals surface area contributed by atoms with Gasteiger partial charge in [0.2, 0.25) is 0 Å². The van der Waals surface area contributed by atoms with Crippen LogP contribution >= 0.6 is 8.38 Å². The molecule has 31 heavy (non-hydrogen) atoms. The summed E-state index contributed by atoms with van der Waals surface area (Å²) in [5.41, 5.74) is 2.73. The van der Waals surface area contributed by atoms with Crippen LogP contribution in [0, 0.1) is 0 Å². The molecule has 0 unspecified atom stereocenters. The maximum absolute atomic E-state index is 6.34. The lowest BCUT2D eigenvalue weighted by molar-refractivity contribution is 0.501. The first-order chi connectivity index (χ1) is 15.3. The highest BCUT2D eigenvalue weighted by Crippen LogP contribution is 2.39. The first-order valence-corrected chi connectivity index (χ1v) is 12.8. The molecule has 0 spiro atoms. The van der Waals surface area contributed by atoms with E-state index < -0.39 is 8.38 Å². The summed E-state index contributed by atoms with van der Waals surface area (Å²) in [6.07, 6.45) is 9.80. The molecule has 0 atom stereocenters. The Bertz CT molecular complexity index is 804. The van der Waals surface area contributed by atoms with Gasteiger partial charge in [0.1, 0.15) is 11.5 Å². The molecule has 3 aromatic rings. The summed E-state index contributed by atoms with van der Waals surface area (Å²) in [4.78, 5) is 0. The molecule has 3 heteroatoms. The third kappa shape index (κ3) is 8.04. The van der Waals surface area contributed by atoms with Crippen LogP contribution in [0.4, 0.5) is 0 Å². The summed E-state index contributed by atoms with van der Waals surface area (Å²) in [6, 6.07) is 27.2. The molecule has 0 bridgehead atoms. The van der Waals surface area contributed by atoms with Gasteiger partial charge in [-0.25, -0.2) is 0 Å². The van der Waals surface area contributed by atoms with E-state index in [-0.39, 0.29) is 0 Å². The van der Waals surface area contributed by atoms with E-state index >= 15 is 0 Å². The third-order valence-corrected chi connectivity index (χ3v) is 6.80. The Morgan fingerprint density at radius 1 is 0.548 bits per heavy atom. The molecule has 0 amide bonds. The van der Waals surface area contributed by atoms with Gasteiger partial charge in [-0.15, -0.1) is 0 Å². The Hall–Kier alpha value is -2.31. The molecule has 0 saturated carbocycles.